The van der Waals surface area contributed by atoms with Gasteiger partial charge in [-0.15, -0.1) is 11.3 Å². The Bertz CT molecular complexity index is 377. The number of aryl methyl sites for hydroxylation is 1. The Hall–Kier alpha value is -0.380. The van der Waals surface area contributed by atoms with Crippen molar-refractivity contribution in [1.82, 2.24) is 4.90 Å². The molecule has 1 aliphatic heterocycles. The van der Waals surface area contributed by atoms with Gasteiger partial charge < -0.3 is 5.11 Å². The fourth-order valence-electron chi connectivity index (χ4n) is 2.64. The van der Waals surface area contributed by atoms with Crippen LogP contribution >= 0.6 is 11.3 Å². The van der Waals surface area contributed by atoms with Crippen LogP contribution in [0.25, 0.3) is 0 Å². The summed E-state index contributed by atoms with van der Waals surface area (Å²) in [5.74, 6) is 0.610. The minimum absolute atomic E-state index is 0.329. The fourth-order valence-corrected chi connectivity index (χ4v) is 3.64. The van der Waals surface area contributed by atoms with Crippen molar-refractivity contribution in [2.75, 3.05) is 13.1 Å². The summed E-state index contributed by atoms with van der Waals surface area (Å²) in [5, 5.41) is 10.2. The maximum atomic E-state index is 10.2. The first kappa shape index (κ1) is 10.8. The van der Waals surface area contributed by atoms with E-state index in [4.69, 9.17) is 0 Å². The van der Waals surface area contributed by atoms with Crippen LogP contribution in [-0.4, -0.2) is 28.7 Å². The van der Waals surface area contributed by atoms with E-state index in [2.05, 4.69) is 24.0 Å². The summed E-state index contributed by atoms with van der Waals surface area (Å²) < 4.78 is 0. The second kappa shape index (κ2) is 3.83. The fraction of sp³-hybridized carbons (Fsp3) is 0.692. The second-order valence-corrected chi connectivity index (χ2v) is 6.50. The van der Waals surface area contributed by atoms with Crippen LogP contribution in [0.2, 0.25) is 0 Å². The van der Waals surface area contributed by atoms with Gasteiger partial charge in [0.1, 0.15) is 0 Å². The third-order valence-corrected chi connectivity index (χ3v) is 4.99. The molecule has 0 unspecified atom stereocenters. The third-order valence-electron chi connectivity index (χ3n) is 3.78. The molecule has 1 saturated carbocycles. The number of aliphatic hydroxyl groups is 1. The Morgan fingerprint density at radius 2 is 2.06 bits per heavy atom. The van der Waals surface area contributed by atoms with Gasteiger partial charge in [-0.2, -0.15) is 0 Å². The number of hydrogen-bond donors (Lipinski definition) is 1. The lowest BCUT2D eigenvalue weighted by atomic mass is 9.89. The van der Waals surface area contributed by atoms with E-state index in [-0.39, 0.29) is 5.60 Å². The predicted octanol–water partition coefficient (Wildman–Crippen LogP) is 2.27. The second-order valence-electron chi connectivity index (χ2n) is 5.24. The Kier molecular flexibility index (Phi) is 2.57. The standard InChI is InChI=1S/C13H19NOS/c1-2-11-5-6-12(16-11)7-14-8-13(15,9-14)10-3-4-10/h5-6,10,15H,2-4,7-9H2,1H3. The Morgan fingerprint density at radius 3 is 2.62 bits per heavy atom. The van der Waals surface area contributed by atoms with E-state index in [1.165, 1.54) is 22.6 Å². The lowest BCUT2D eigenvalue weighted by molar-refractivity contribution is -0.116. The summed E-state index contributed by atoms with van der Waals surface area (Å²) in [7, 11) is 0. The maximum Gasteiger partial charge on any atom is 0.0928 e. The van der Waals surface area contributed by atoms with Crippen molar-refractivity contribution in [3.63, 3.8) is 0 Å². The molecule has 0 aromatic carbocycles. The van der Waals surface area contributed by atoms with Crippen LogP contribution in [0.1, 0.15) is 29.5 Å². The van der Waals surface area contributed by atoms with Crippen LogP contribution in [0.5, 0.6) is 0 Å². The maximum absolute atomic E-state index is 10.2. The summed E-state index contributed by atoms with van der Waals surface area (Å²) in [6.45, 7) is 5.00. The van der Waals surface area contributed by atoms with E-state index >= 15 is 0 Å². The normalized spacial score (nSPS) is 24.4. The quantitative estimate of drug-likeness (QED) is 0.868. The van der Waals surface area contributed by atoms with E-state index in [1.54, 1.807) is 0 Å². The lowest BCUT2D eigenvalue weighted by Gasteiger charge is -2.47. The van der Waals surface area contributed by atoms with Crippen molar-refractivity contribution in [1.29, 1.82) is 0 Å². The zero-order valence-corrected chi connectivity index (χ0v) is 10.6. The monoisotopic (exact) mass is 237 g/mol. The highest BCUT2D eigenvalue weighted by molar-refractivity contribution is 7.11. The lowest BCUT2D eigenvalue weighted by Crippen LogP contribution is -2.62. The van der Waals surface area contributed by atoms with Crippen LogP contribution in [0, 0.1) is 5.92 Å². The SMILES string of the molecule is CCc1ccc(CN2CC(O)(C3CC3)C2)s1. The molecule has 0 spiro atoms. The zero-order valence-electron chi connectivity index (χ0n) is 9.78. The van der Waals surface area contributed by atoms with E-state index in [0.29, 0.717) is 5.92 Å². The molecule has 3 rings (SSSR count). The molecule has 2 aliphatic rings. The zero-order chi connectivity index (χ0) is 11.2. The van der Waals surface area contributed by atoms with Crippen molar-refractivity contribution in [2.45, 2.75) is 38.3 Å². The van der Waals surface area contributed by atoms with Gasteiger partial charge in [0.15, 0.2) is 0 Å². The average molecular weight is 237 g/mol. The molecule has 0 bridgehead atoms. The molecule has 1 N–H and O–H groups in total. The molecule has 1 aliphatic carbocycles. The van der Waals surface area contributed by atoms with Crippen LogP contribution in [0.15, 0.2) is 12.1 Å². The molecule has 3 heteroatoms. The summed E-state index contributed by atoms with van der Waals surface area (Å²) in [4.78, 5) is 5.27. The molecule has 88 valence electrons. The van der Waals surface area contributed by atoms with Crippen molar-refractivity contribution >= 4 is 11.3 Å². The van der Waals surface area contributed by atoms with Crippen LogP contribution in [-0.2, 0) is 13.0 Å². The van der Waals surface area contributed by atoms with Gasteiger partial charge in [-0.3, -0.25) is 4.90 Å². The number of hydrogen-bond acceptors (Lipinski definition) is 3. The topological polar surface area (TPSA) is 23.5 Å². The predicted molar refractivity (Wildman–Crippen MR) is 66.6 cm³/mol. The number of β-amino-alcohol motifs (C(OH)–C–C–N with tert-alkyl or cyclic N) is 1. The van der Waals surface area contributed by atoms with Gasteiger partial charge in [0.2, 0.25) is 0 Å². The van der Waals surface area contributed by atoms with E-state index in [1.807, 2.05) is 11.3 Å². The highest BCUT2D eigenvalue weighted by atomic mass is 32.1. The minimum Gasteiger partial charge on any atom is -0.387 e. The highest BCUT2D eigenvalue weighted by Gasteiger charge is 2.51. The number of rotatable bonds is 4. The van der Waals surface area contributed by atoms with Gasteiger partial charge in [0, 0.05) is 29.4 Å². The number of thiophene rings is 1. The molecule has 2 nitrogen and oxygen atoms in total. The molecular formula is C13H19NOS. The van der Waals surface area contributed by atoms with E-state index in [0.717, 1.165) is 26.1 Å². The number of nitrogens with zero attached hydrogens (tertiary/aromatic N) is 1. The van der Waals surface area contributed by atoms with Crippen molar-refractivity contribution < 1.29 is 5.11 Å². The molecule has 2 heterocycles. The molecule has 2 fully saturated rings. The van der Waals surface area contributed by atoms with Crippen LogP contribution in [0.4, 0.5) is 0 Å². The minimum atomic E-state index is -0.329. The van der Waals surface area contributed by atoms with Gasteiger partial charge in [-0.1, -0.05) is 6.92 Å². The summed E-state index contributed by atoms with van der Waals surface area (Å²) in [5.41, 5.74) is -0.329. The highest BCUT2D eigenvalue weighted by Crippen LogP contribution is 2.44. The third kappa shape index (κ3) is 1.92. The Labute approximate surface area is 101 Å². The molecule has 0 atom stereocenters. The van der Waals surface area contributed by atoms with E-state index < -0.39 is 0 Å². The molecule has 0 radical (unpaired) electrons. The van der Waals surface area contributed by atoms with E-state index in [9.17, 15) is 5.11 Å². The Balaban J connectivity index is 1.53. The van der Waals surface area contributed by atoms with Crippen LogP contribution < -0.4 is 0 Å². The van der Waals surface area contributed by atoms with Gasteiger partial charge in [0.05, 0.1) is 5.60 Å². The first-order valence-electron chi connectivity index (χ1n) is 6.22. The van der Waals surface area contributed by atoms with Gasteiger partial charge in [-0.05, 0) is 37.3 Å². The first-order chi connectivity index (χ1) is 7.69. The van der Waals surface area contributed by atoms with Crippen molar-refractivity contribution in [2.24, 2.45) is 5.92 Å². The molecule has 0 amide bonds. The average Bonchev–Trinajstić information content (AvgIpc) is 2.98. The molecule has 1 aromatic heterocycles. The summed E-state index contributed by atoms with van der Waals surface area (Å²) >= 11 is 1.91. The Morgan fingerprint density at radius 1 is 1.38 bits per heavy atom. The van der Waals surface area contributed by atoms with Crippen molar-refractivity contribution in [3.05, 3.63) is 21.9 Å². The molecule has 1 aromatic rings. The smallest absolute Gasteiger partial charge is 0.0928 e. The van der Waals surface area contributed by atoms with Crippen LogP contribution in [0.3, 0.4) is 0 Å². The molecule has 1 saturated heterocycles. The van der Waals surface area contributed by atoms with Gasteiger partial charge >= 0.3 is 0 Å². The largest absolute Gasteiger partial charge is 0.387 e. The number of likely N-dealkylation sites (tertiary alicyclic amines) is 1. The molecular weight excluding hydrogens is 218 g/mol. The summed E-state index contributed by atoms with van der Waals surface area (Å²) in [6, 6.07) is 4.46. The summed E-state index contributed by atoms with van der Waals surface area (Å²) in [6.07, 6.45) is 3.61. The van der Waals surface area contributed by atoms with Gasteiger partial charge in [-0.25, -0.2) is 0 Å². The van der Waals surface area contributed by atoms with Crippen molar-refractivity contribution in [3.8, 4) is 0 Å². The molecule has 16 heavy (non-hydrogen) atoms. The first-order valence-corrected chi connectivity index (χ1v) is 7.03. The van der Waals surface area contributed by atoms with Gasteiger partial charge in [0.25, 0.3) is 0 Å².